The third kappa shape index (κ3) is 3.60. The summed E-state index contributed by atoms with van der Waals surface area (Å²) in [6.45, 7) is 2.51. The molecule has 1 unspecified atom stereocenters. The van der Waals surface area contributed by atoms with E-state index < -0.39 is 0 Å². The highest BCUT2D eigenvalue weighted by atomic mass is 19.1. The Balaban J connectivity index is 1.51. The normalized spacial score (nSPS) is 18.7. The SMILES string of the molecule is O=c1[nH]ccnc1CN1CCC(CCc2ccccc2F)C1. The van der Waals surface area contributed by atoms with Gasteiger partial charge in [0.2, 0.25) is 0 Å². The molecule has 4 nitrogen and oxygen atoms in total. The fraction of sp³-hybridized carbons (Fsp3) is 0.412. The number of hydrogen-bond acceptors (Lipinski definition) is 3. The van der Waals surface area contributed by atoms with Crippen LogP contribution in [0.1, 0.15) is 24.1 Å². The fourth-order valence-corrected chi connectivity index (χ4v) is 3.06. The Bertz CT molecular complexity index is 685. The molecule has 2 heterocycles. The maximum atomic E-state index is 13.6. The molecule has 1 aliphatic heterocycles. The molecule has 116 valence electrons. The minimum absolute atomic E-state index is 0.114. The number of aromatic amines is 1. The molecular weight excluding hydrogens is 281 g/mol. The summed E-state index contributed by atoms with van der Waals surface area (Å²) < 4.78 is 13.6. The maximum Gasteiger partial charge on any atom is 0.270 e. The number of H-pyrrole nitrogens is 1. The molecule has 1 atom stereocenters. The van der Waals surface area contributed by atoms with Crippen molar-refractivity contribution >= 4 is 0 Å². The van der Waals surface area contributed by atoms with Gasteiger partial charge in [0.25, 0.3) is 5.56 Å². The van der Waals surface area contributed by atoms with Crippen LogP contribution in [0.15, 0.2) is 41.5 Å². The molecule has 1 fully saturated rings. The number of nitrogens with one attached hydrogen (secondary N) is 1. The van der Waals surface area contributed by atoms with Gasteiger partial charge in [-0.15, -0.1) is 0 Å². The zero-order valence-electron chi connectivity index (χ0n) is 12.5. The van der Waals surface area contributed by atoms with Crippen LogP contribution >= 0.6 is 0 Å². The summed E-state index contributed by atoms with van der Waals surface area (Å²) in [5.41, 5.74) is 1.25. The van der Waals surface area contributed by atoms with Gasteiger partial charge in [-0.1, -0.05) is 18.2 Å². The summed E-state index contributed by atoms with van der Waals surface area (Å²) in [6, 6.07) is 6.98. The van der Waals surface area contributed by atoms with Crippen LogP contribution in [0, 0.1) is 11.7 Å². The molecule has 1 aromatic heterocycles. The highest BCUT2D eigenvalue weighted by molar-refractivity contribution is 5.17. The number of likely N-dealkylation sites (tertiary alicyclic amines) is 1. The van der Waals surface area contributed by atoms with Crippen LogP contribution in [0.5, 0.6) is 0 Å². The number of nitrogens with zero attached hydrogens (tertiary/aromatic N) is 2. The molecule has 22 heavy (non-hydrogen) atoms. The van der Waals surface area contributed by atoms with Crippen molar-refractivity contribution in [2.75, 3.05) is 13.1 Å². The predicted molar refractivity (Wildman–Crippen MR) is 83.0 cm³/mol. The zero-order chi connectivity index (χ0) is 15.4. The Kier molecular flexibility index (Phi) is 4.63. The molecule has 1 aromatic carbocycles. The minimum Gasteiger partial charge on any atom is -0.326 e. The van der Waals surface area contributed by atoms with Gasteiger partial charge >= 0.3 is 0 Å². The van der Waals surface area contributed by atoms with Crippen molar-refractivity contribution in [1.29, 1.82) is 0 Å². The predicted octanol–water partition coefficient (Wildman–Crippen LogP) is 2.36. The number of rotatable bonds is 5. The van der Waals surface area contributed by atoms with Crippen molar-refractivity contribution in [2.24, 2.45) is 5.92 Å². The van der Waals surface area contributed by atoms with Gasteiger partial charge in [-0.05, 0) is 43.4 Å². The first kappa shape index (κ1) is 14.9. The summed E-state index contributed by atoms with van der Waals surface area (Å²) in [5, 5.41) is 0. The van der Waals surface area contributed by atoms with Crippen LogP contribution in [0.4, 0.5) is 4.39 Å². The number of halogens is 1. The zero-order valence-corrected chi connectivity index (χ0v) is 12.5. The largest absolute Gasteiger partial charge is 0.326 e. The topological polar surface area (TPSA) is 49.0 Å². The fourth-order valence-electron chi connectivity index (χ4n) is 3.06. The van der Waals surface area contributed by atoms with E-state index in [1.54, 1.807) is 18.5 Å². The van der Waals surface area contributed by atoms with Gasteiger partial charge in [0, 0.05) is 25.5 Å². The Morgan fingerprint density at radius 1 is 1.36 bits per heavy atom. The second-order valence-corrected chi connectivity index (χ2v) is 5.88. The van der Waals surface area contributed by atoms with Gasteiger partial charge in [-0.25, -0.2) is 4.39 Å². The van der Waals surface area contributed by atoms with Gasteiger partial charge in [0.15, 0.2) is 0 Å². The quantitative estimate of drug-likeness (QED) is 0.922. The Morgan fingerprint density at radius 2 is 2.23 bits per heavy atom. The third-order valence-electron chi connectivity index (χ3n) is 4.30. The number of benzene rings is 1. The molecule has 0 bridgehead atoms. The van der Waals surface area contributed by atoms with E-state index in [0.717, 1.165) is 37.9 Å². The highest BCUT2D eigenvalue weighted by Gasteiger charge is 2.23. The molecule has 0 radical (unpaired) electrons. The molecule has 5 heteroatoms. The first-order chi connectivity index (χ1) is 10.7. The summed E-state index contributed by atoms with van der Waals surface area (Å²) in [7, 11) is 0. The maximum absolute atomic E-state index is 13.6. The van der Waals surface area contributed by atoms with Crippen LogP contribution in [0.3, 0.4) is 0 Å². The monoisotopic (exact) mass is 301 g/mol. The van der Waals surface area contributed by atoms with Crippen LogP contribution in [0.25, 0.3) is 0 Å². The van der Waals surface area contributed by atoms with E-state index in [1.165, 1.54) is 6.07 Å². The van der Waals surface area contributed by atoms with Crippen LogP contribution in [-0.4, -0.2) is 28.0 Å². The van der Waals surface area contributed by atoms with Crippen molar-refractivity contribution in [3.8, 4) is 0 Å². The van der Waals surface area contributed by atoms with Crippen molar-refractivity contribution in [1.82, 2.24) is 14.9 Å². The molecular formula is C17H20FN3O. The van der Waals surface area contributed by atoms with Crippen molar-refractivity contribution < 1.29 is 4.39 Å². The molecule has 1 saturated heterocycles. The lowest BCUT2D eigenvalue weighted by Crippen LogP contribution is -2.26. The first-order valence-electron chi connectivity index (χ1n) is 7.70. The van der Waals surface area contributed by atoms with E-state index in [2.05, 4.69) is 14.9 Å². The summed E-state index contributed by atoms with van der Waals surface area (Å²) in [4.78, 5) is 20.7. The Hall–Kier alpha value is -2.01. The lowest BCUT2D eigenvalue weighted by molar-refractivity contribution is 0.308. The second kappa shape index (κ2) is 6.83. The number of aromatic nitrogens is 2. The first-order valence-corrected chi connectivity index (χ1v) is 7.70. The van der Waals surface area contributed by atoms with Gasteiger partial charge < -0.3 is 4.98 Å². The Morgan fingerprint density at radius 3 is 3.05 bits per heavy atom. The van der Waals surface area contributed by atoms with E-state index in [1.807, 2.05) is 12.1 Å². The van der Waals surface area contributed by atoms with E-state index in [0.29, 0.717) is 18.2 Å². The standard InChI is InChI=1S/C17H20FN3O/c18-15-4-2-1-3-14(15)6-5-13-7-10-21(11-13)12-16-17(22)20-9-8-19-16/h1-4,8-9,13H,5-7,10-12H2,(H,20,22). The molecule has 1 N–H and O–H groups in total. The van der Waals surface area contributed by atoms with Crippen molar-refractivity contribution in [3.05, 3.63) is 64.1 Å². The lowest BCUT2D eigenvalue weighted by atomic mass is 9.98. The summed E-state index contributed by atoms with van der Waals surface area (Å²) in [6.07, 6.45) is 6.01. The molecule has 3 rings (SSSR count). The second-order valence-electron chi connectivity index (χ2n) is 5.88. The molecule has 0 aliphatic carbocycles. The van der Waals surface area contributed by atoms with E-state index in [4.69, 9.17) is 0 Å². The van der Waals surface area contributed by atoms with E-state index in [9.17, 15) is 9.18 Å². The smallest absolute Gasteiger partial charge is 0.270 e. The summed E-state index contributed by atoms with van der Waals surface area (Å²) in [5.74, 6) is 0.444. The Labute approximate surface area is 129 Å². The molecule has 1 aliphatic rings. The van der Waals surface area contributed by atoms with Gasteiger partial charge in [-0.2, -0.15) is 0 Å². The van der Waals surface area contributed by atoms with E-state index >= 15 is 0 Å². The number of aryl methyl sites for hydroxylation is 1. The van der Waals surface area contributed by atoms with Crippen molar-refractivity contribution in [2.45, 2.75) is 25.8 Å². The molecule has 0 amide bonds. The third-order valence-corrected chi connectivity index (χ3v) is 4.30. The van der Waals surface area contributed by atoms with Crippen LogP contribution in [-0.2, 0) is 13.0 Å². The molecule has 0 spiro atoms. The minimum atomic E-state index is -0.114. The van der Waals surface area contributed by atoms with E-state index in [-0.39, 0.29) is 11.4 Å². The van der Waals surface area contributed by atoms with Crippen LogP contribution in [0.2, 0.25) is 0 Å². The van der Waals surface area contributed by atoms with Gasteiger partial charge in [0.05, 0.1) is 0 Å². The lowest BCUT2D eigenvalue weighted by Gasteiger charge is -2.15. The van der Waals surface area contributed by atoms with Crippen molar-refractivity contribution in [3.63, 3.8) is 0 Å². The highest BCUT2D eigenvalue weighted by Crippen LogP contribution is 2.23. The average Bonchev–Trinajstić information content (AvgIpc) is 2.96. The molecule has 2 aromatic rings. The number of hydrogen-bond donors (Lipinski definition) is 1. The van der Waals surface area contributed by atoms with Crippen LogP contribution < -0.4 is 5.56 Å². The van der Waals surface area contributed by atoms with Gasteiger partial charge in [0.1, 0.15) is 11.5 Å². The summed E-state index contributed by atoms with van der Waals surface area (Å²) >= 11 is 0. The molecule has 0 saturated carbocycles. The van der Waals surface area contributed by atoms with Gasteiger partial charge in [-0.3, -0.25) is 14.7 Å². The average molecular weight is 301 g/mol.